The average molecular weight is 440 g/mol. The van der Waals surface area contributed by atoms with Gasteiger partial charge in [0.25, 0.3) is 5.91 Å². The van der Waals surface area contributed by atoms with Crippen LogP contribution in [0.25, 0.3) is 0 Å². The predicted octanol–water partition coefficient (Wildman–Crippen LogP) is 5.17. The van der Waals surface area contributed by atoms with Crippen LogP contribution in [0.15, 0.2) is 42.5 Å². The number of amides is 3. The van der Waals surface area contributed by atoms with Crippen LogP contribution in [-0.4, -0.2) is 23.7 Å². The van der Waals surface area contributed by atoms with Crippen LogP contribution in [0.4, 0.5) is 10.5 Å². The van der Waals surface area contributed by atoms with E-state index in [0.717, 1.165) is 31.2 Å². The first-order valence-corrected chi connectivity index (χ1v) is 11.3. The maximum Gasteiger partial charge on any atom is 0.325 e. The third kappa shape index (κ3) is 3.74. The molecule has 1 saturated heterocycles. The molecule has 7 heteroatoms. The van der Waals surface area contributed by atoms with Crippen LogP contribution < -0.4 is 20.3 Å². The van der Waals surface area contributed by atoms with E-state index in [2.05, 4.69) is 10.6 Å². The van der Waals surface area contributed by atoms with Gasteiger partial charge in [-0.05, 0) is 56.2 Å². The molecule has 0 radical (unpaired) electrons. The molecule has 2 aromatic rings. The molecule has 0 unspecified atom stereocenters. The van der Waals surface area contributed by atoms with Crippen LogP contribution in [0, 0.1) is 0 Å². The van der Waals surface area contributed by atoms with Crippen LogP contribution >= 0.6 is 11.6 Å². The molecular weight excluding hydrogens is 414 g/mol. The number of carbonyl (C=O) groups is 2. The number of hydrogen-bond donors (Lipinski definition) is 2. The van der Waals surface area contributed by atoms with Crippen molar-refractivity contribution >= 4 is 29.2 Å². The Kier molecular flexibility index (Phi) is 5.05. The van der Waals surface area contributed by atoms with E-state index in [9.17, 15) is 9.59 Å². The Labute approximate surface area is 186 Å². The molecule has 2 aliphatic heterocycles. The number of nitrogens with one attached hydrogen (secondary N) is 2. The van der Waals surface area contributed by atoms with E-state index in [4.69, 9.17) is 16.3 Å². The van der Waals surface area contributed by atoms with Crippen molar-refractivity contribution in [1.29, 1.82) is 0 Å². The van der Waals surface area contributed by atoms with Gasteiger partial charge in [0.2, 0.25) is 0 Å². The van der Waals surface area contributed by atoms with Crippen LogP contribution in [0.5, 0.6) is 5.75 Å². The fourth-order valence-electron chi connectivity index (χ4n) is 5.04. The molecule has 31 heavy (non-hydrogen) atoms. The molecule has 0 aromatic heterocycles. The lowest BCUT2D eigenvalue weighted by Crippen LogP contribution is -2.65. The van der Waals surface area contributed by atoms with E-state index in [1.54, 1.807) is 23.1 Å². The van der Waals surface area contributed by atoms with E-state index >= 15 is 0 Å². The molecule has 2 N–H and O–H groups in total. The molecule has 0 spiro atoms. The van der Waals surface area contributed by atoms with Crippen molar-refractivity contribution in [3.8, 4) is 5.75 Å². The monoisotopic (exact) mass is 439 g/mol. The lowest BCUT2D eigenvalue weighted by molar-refractivity contribution is 0.0378. The van der Waals surface area contributed by atoms with E-state index in [0.29, 0.717) is 28.4 Å². The van der Waals surface area contributed by atoms with Crippen LogP contribution in [0.2, 0.25) is 5.02 Å². The van der Waals surface area contributed by atoms with Gasteiger partial charge in [-0.25, -0.2) is 4.79 Å². The standard InChI is InChI=1S/C24H26ClN3O3/c1-24-14-20(19-13-16(25)10-11-21(19)31-24)27-23(30)28(24)18-9-5-6-15(12-18)22(29)26-17-7-3-2-4-8-17/h5-6,9-13,17,20H,2-4,7-8,14H2,1H3,(H,26,29)(H,27,30)/t20-,24-/m1/s1. The number of rotatable bonds is 3. The lowest BCUT2D eigenvalue weighted by Gasteiger charge is -2.50. The van der Waals surface area contributed by atoms with Gasteiger partial charge in [-0.15, -0.1) is 0 Å². The predicted molar refractivity (Wildman–Crippen MR) is 120 cm³/mol. The summed E-state index contributed by atoms with van der Waals surface area (Å²) in [6.45, 7) is 1.91. The number of halogens is 1. The molecule has 2 heterocycles. The molecular formula is C24H26ClN3O3. The van der Waals surface area contributed by atoms with E-state index in [-0.39, 0.29) is 24.0 Å². The summed E-state index contributed by atoms with van der Waals surface area (Å²) in [5.41, 5.74) is 1.20. The second-order valence-electron chi connectivity index (χ2n) is 8.86. The van der Waals surface area contributed by atoms with Gasteiger partial charge in [0.05, 0.1) is 11.7 Å². The first-order chi connectivity index (χ1) is 14.9. The molecule has 2 bridgehead atoms. The first-order valence-electron chi connectivity index (χ1n) is 10.9. The van der Waals surface area contributed by atoms with Crippen molar-refractivity contribution in [2.45, 2.75) is 63.3 Å². The number of anilines is 1. The van der Waals surface area contributed by atoms with E-state index < -0.39 is 5.72 Å². The van der Waals surface area contributed by atoms with Crippen molar-refractivity contribution in [3.05, 3.63) is 58.6 Å². The summed E-state index contributed by atoms with van der Waals surface area (Å²) in [7, 11) is 0. The van der Waals surface area contributed by atoms with Crippen molar-refractivity contribution in [3.63, 3.8) is 0 Å². The minimum atomic E-state index is -0.869. The summed E-state index contributed by atoms with van der Waals surface area (Å²) < 4.78 is 6.31. The average Bonchev–Trinajstić information content (AvgIpc) is 2.75. The van der Waals surface area contributed by atoms with Gasteiger partial charge < -0.3 is 15.4 Å². The zero-order chi connectivity index (χ0) is 21.6. The highest BCUT2D eigenvalue weighted by Gasteiger charge is 2.50. The minimum Gasteiger partial charge on any atom is -0.467 e. The molecule has 2 aromatic carbocycles. The van der Waals surface area contributed by atoms with Gasteiger partial charge in [-0.1, -0.05) is 36.9 Å². The van der Waals surface area contributed by atoms with Gasteiger partial charge >= 0.3 is 6.03 Å². The van der Waals surface area contributed by atoms with Gasteiger partial charge in [-0.2, -0.15) is 0 Å². The Morgan fingerprint density at radius 2 is 2.00 bits per heavy atom. The first kappa shape index (κ1) is 20.2. The van der Waals surface area contributed by atoms with Gasteiger partial charge in [0.15, 0.2) is 5.72 Å². The fourth-order valence-corrected chi connectivity index (χ4v) is 5.22. The molecule has 2 atom stereocenters. The normalized spacial score (nSPS) is 25.3. The maximum absolute atomic E-state index is 13.1. The Hall–Kier alpha value is -2.73. The maximum atomic E-state index is 13.1. The summed E-state index contributed by atoms with van der Waals surface area (Å²) in [5.74, 6) is 0.609. The number of carbonyl (C=O) groups excluding carboxylic acids is 2. The molecule has 6 nitrogen and oxygen atoms in total. The van der Waals surface area contributed by atoms with Gasteiger partial charge in [-0.3, -0.25) is 9.69 Å². The van der Waals surface area contributed by atoms with Crippen molar-refractivity contribution in [2.75, 3.05) is 4.90 Å². The zero-order valence-corrected chi connectivity index (χ0v) is 18.2. The Balaban J connectivity index is 1.42. The highest BCUT2D eigenvalue weighted by atomic mass is 35.5. The second-order valence-corrected chi connectivity index (χ2v) is 9.30. The zero-order valence-electron chi connectivity index (χ0n) is 17.5. The van der Waals surface area contributed by atoms with Crippen LogP contribution in [0.3, 0.4) is 0 Å². The Morgan fingerprint density at radius 3 is 2.81 bits per heavy atom. The van der Waals surface area contributed by atoms with E-state index in [1.165, 1.54) is 6.42 Å². The van der Waals surface area contributed by atoms with Crippen molar-refractivity contribution < 1.29 is 14.3 Å². The number of hydrogen-bond acceptors (Lipinski definition) is 3. The minimum absolute atomic E-state index is 0.0984. The Bertz CT molecular complexity index is 1040. The van der Waals surface area contributed by atoms with Crippen molar-refractivity contribution in [1.82, 2.24) is 10.6 Å². The molecule has 3 aliphatic rings. The second kappa shape index (κ2) is 7.75. The number of fused-ring (bicyclic) bond motifs is 4. The molecule has 5 rings (SSSR count). The topological polar surface area (TPSA) is 70.7 Å². The summed E-state index contributed by atoms with van der Waals surface area (Å²) in [4.78, 5) is 27.6. The number of urea groups is 1. The fraction of sp³-hybridized carbons (Fsp3) is 0.417. The smallest absolute Gasteiger partial charge is 0.325 e. The summed E-state index contributed by atoms with van der Waals surface area (Å²) in [6, 6.07) is 12.5. The molecule has 1 saturated carbocycles. The quantitative estimate of drug-likeness (QED) is 0.692. The highest BCUT2D eigenvalue weighted by Crippen LogP contribution is 2.46. The van der Waals surface area contributed by atoms with Crippen LogP contribution in [-0.2, 0) is 0 Å². The molecule has 2 fully saturated rings. The summed E-state index contributed by atoms with van der Waals surface area (Å²) in [6.07, 6.45) is 6.17. The number of nitrogens with zero attached hydrogens (tertiary/aromatic N) is 1. The SMILES string of the molecule is C[C@@]12C[C@@H](NC(=O)N1c1cccc(C(=O)NC3CCCCC3)c1)c1cc(Cl)ccc1O2. The third-order valence-corrected chi connectivity index (χ3v) is 6.78. The van der Waals surface area contributed by atoms with Crippen LogP contribution in [0.1, 0.15) is 67.4 Å². The number of ether oxygens (including phenoxy) is 1. The molecule has 1 aliphatic carbocycles. The van der Waals surface area contributed by atoms with Crippen molar-refractivity contribution in [2.24, 2.45) is 0 Å². The van der Waals surface area contributed by atoms with Gasteiger partial charge in [0, 0.05) is 28.6 Å². The molecule has 3 amide bonds. The lowest BCUT2D eigenvalue weighted by atomic mass is 9.90. The summed E-state index contributed by atoms with van der Waals surface area (Å²) in [5, 5.41) is 6.82. The van der Waals surface area contributed by atoms with E-state index in [1.807, 2.05) is 31.2 Å². The largest absolute Gasteiger partial charge is 0.467 e. The highest BCUT2D eigenvalue weighted by molar-refractivity contribution is 6.30. The third-order valence-electron chi connectivity index (χ3n) is 6.54. The summed E-state index contributed by atoms with van der Waals surface area (Å²) >= 11 is 6.15. The number of benzene rings is 2. The molecule has 162 valence electrons. The van der Waals surface area contributed by atoms with Gasteiger partial charge in [0.1, 0.15) is 5.75 Å². The Morgan fingerprint density at radius 1 is 1.19 bits per heavy atom.